The summed E-state index contributed by atoms with van der Waals surface area (Å²) in [5.74, 6) is 1.33. The maximum absolute atomic E-state index is 12.4. The van der Waals surface area contributed by atoms with E-state index in [-0.39, 0.29) is 5.91 Å². The second kappa shape index (κ2) is 8.84. The monoisotopic (exact) mass is 335 g/mol. The summed E-state index contributed by atoms with van der Waals surface area (Å²) in [5, 5.41) is 3.03. The number of piperazine rings is 1. The molecule has 3 aliphatic rings. The van der Waals surface area contributed by atoms with Gasteiger partial charge in [-0.3, -0.25) is 14.5 Å². The first-order chi connectivity index (χ1) is 11.7. The average Bonchev–Trinajstić information content (AvgIpc) is 3.40. The highest BCUT2D eigenvalue weighted by molar-refractivity contribution is 5.79. The van der Waals surface area contributed by atoms with E-state index < -0.39 is 0 Å². The third-order valence-corrected chi connectivity index (χ3v) is 5.76. The Morgan fingerprint density at radius 1 is 0.917 bits per heavy atom. The molecule has 1 aliphatic heterocycles. The lowest BCUT2D eigenvalue weighted by Gasteiger charge is -2.34. The molecular weight excluding hydrogens is 302 g/mol. The molecule has 0 bridgehead atoms. The molecule has 0 spiro atoms. The topological polar surface area (TPSA) is 52.7 Å². The van der Waals surface area contributed by atoms with Crippen LogP contribution in [0.5, 0.6) is 0 Å². The largest absolute Gasteiger partial charge is 0.352 e. The van der Waals surface area contributed by atoms with E-state index in [2.05, 4.69) is 10.2 Å². The highest BCUT2D eigenvalue weighted by atomic mass is 16.2. The van der Waals surface area contributed by atoms with E-state index in [0.717, 1.165) is 51.4 Å². The van der Waals surface area contributed by atoms with E-state index in [1.807, 2.05) is 4.90 Å². The molecule has 3 fully saturated rings. The number of carbonyl (C=O) groups excluding carboxylic acids is 2. The van der Waals surface area contributed by atoms with Gasteiger partial charge in [-0.2, -0.15) is 0 Å². The second-order valence-electron chi connectivity index (χ2n) is 7.89. The Bertz CT molecular complexity index is 422. The van der Waals surface area contributed by atoms with Gasteiger partial charge in [0.15, 0.2) is 0 Å². The maximum atomic E-state index is 12.4. The lowest BCUT2D eigenvalue weighted by atomic mass is 9.86. The Labute approximate surface area is 146 Å². The van der Waals surface area contributed by atoms with Gasteiger partial charge in [0, 0.05) is 38.6 Å². The first-order valence-electron chi connectivity index (χ1n) is 10.0. The van der Waals surface area contributed by atoms with Crippen molar-refractivity contribution in [1.82, 2.24) is 15.1 Å². The molecule has 3 rings (SSSR count). The highest BCUT2D eigenvalue weighted by Crippen LogP contribution is 2.27. The summed E-state index contributed by atoms with van der Waals surface area (Å²) in [4.78, 5) is 28.4. The minimum Gasteiger partial charge on any atom is -0.352 e. The van der Waals surface area contributed by atoms with Gasteiger partial charge < -0.3 is 10.2 Å². The molecule has 0 aromatic carbocycles. The van der Waals surface area contributed by atoms with Gasteiger partial charge in [0.05, 0.1) is 6.54 Å². The molecule has 0 unspecified atom stereocenters. The van der Waals surface area contributed by atoms with Crippen molar-refractivity contribution < 1.29 is 9.59 Å². The molecule has 0 radical (unpaired) electrons. The van der Waals surface area contributed by atoms with Crippen molar-refractivity contribution in [2.24, 2.45) is 5.92 Å². The van der Waals surface area contributed by atoms with Crippen molar-refractivity contribution in [3.8, 4) is 0 Å². The van der Waals surface area contributed by atoms with Gasteiger partial charge in [0.2, 0.25) is 11.8 Å². The summed E-state index contributed by atoms with van der Waals surface area (Å²) in [6.07, 6.45) is 12.2. The fourth-order valence-corrected chi connectivity index (χ4v) is 4.04. The van der Waals surface area contributed by atoms with Gasteiger partial charge in [-0.1, -0.05) is 32.1 Å². The Kier molecular flexibility index (Phi) is 6.52. The quantitative estimate of drug-likeness (QED) is 0.776. The molecule has 2 aliphatic carbocycles. The summed E-state index contributed by atoms with van der Waals surface area (Å²) in [5.41, 5.74) is 0. The smallest absolute Gasteiger partial charge is 0.234 e. The van der Waals surface area contributed by atoms with Crippen molar-refractivity contribution in [3.63, 3.8) is 0 Å². The third-order valence-electron chi connectivity index (χ3n) is 5.76. The lowest BCUT2D eigenvalue weighted by molar-refractivity contribution is -0.133. The van der Waals surface area contributed by atoms with Gasteiger partial charge >= 0.3 is 0 Å². The molecule has 5 nitrogen and oxygen atoms in total. The molecule has 0 aromatic heterocycles. The van der Waals surface area contributed by atoms with E-state index in [9.17, 15) is 9.59 Å². The summed E-state index contributed by atoms with van der Waals surface area (Å²) in [7, 11) is 0. The van der Waals surface area contributed by atoms with Crippen LogP contribution >= 0.6 is 0 Å². The fourth-order valence-electron chi connectivity index (χ4n) is 4.04. The first kappa shape index (κ1) is 17.7. The molecule has 0 aromatic rings. The summed E-state index contributed by atoms with van der Waals surface area (Å²) < 4.78 is 0. The van der Waals surface area contributed by atoms with Gasteiger partial charge in [0.25, 0.3) is 0 Å². The lowest BCUT2D eigenvalue weighted by Crippen LogP contribution is -2.51. The molecule has 1 saturated heterocycles. The van der Waals surface area contributed by atoms with Crippen LogP contribution in [0.25, 0.3) is 0 Å². The first-order valence-corrected chi connectivity index (χ1v) is 10.0. The van der Waals surface area contributed by atoms with Crippen molar-refractivity contribution in [3.05, 3.63) is 0 Å². The Balaban J connectivity index is 1.27. The van der Waals surface area contributed by atoms with E-state index in [1.165, 1.54) is 38.5 Å². The highest BCUT2D eigenvalue weighted by Gasteiger charge is 2.26. The third kappa shape index (κ3) is 5.76. The summed E-state index contributed by atoms with van der Waals surface area (Å²) in [6.45, 7) is 3.69. The molecule has 136 valence electrons. The summed E-state index contributed by atoms with van der Waals surface area (Å²) in [6, 6.07) is 0.435. The number of rotatable bonds is 7. The van der Waals surface area contributed by atoms with Gasteiger partial charge in [-0.15, -0.1) is 0 Å². The summed E-state index contributed by atoms with van der Waals surface area (Å²) >= 11 is 0. The number of hydrogen-bond acceptors (Lipinski definition) is 3. The van der Waals surface area contributed by atoms with Crippen LogP contribution < -0.4 is 5.32 Å². The average molecular weight is 335 g/mol. The number of amides is 2. The Hall–Kier alpha value is -1.10. The maximum Gasteiger partial charge on any atom is 0.234 e. The fraction of sp³-hybridized carbons (Fsp3) is 0.895. The molecule has 1 heterocycles. The molecule has 24 heavy (non-hydrogen) atoms. The van der Waals surface area contributed by atoms with Gasteiger partial charge in [0.1, 0.15) is 0 Å². The van der Waals surface area contributed by atoms with Crippen molar-refractivity contribution in [1.29, 1.82) is 0 Å². The zero-order chi connectivity index (χ0) is 16.8. The van der Waals surface area contributed by atoms with Gasteiger partial charge in [-0.25, -0.2) is 0 Å². The van der Waals surface area contributed by atoms with E-state index >= 15 is 0 Å². The van der Waals surface area contributed by atoms with Gasteiger partial charge in [-0.05, 0) is 31.6 Å². The number of nitrogens with one attached hydrogen (secondary N) is 1. The van der Waals surface area contributed by atoms with Crippen LogP contribution in [0.2, 0.25) is 0 Å². The van der Waals surface area contributed by atoms with Crippen LogP contribution in [0.1, 0.15) is 64.2 Å². The van der Waals surface area contributed by atoms with Crippen LogP contribution in [-0.4, -0.2) is 60.4 Å². The van der Waals surface area contributed by atoms with E-state index in [1.54, 1.807) is 0 Å². The Morgan fingerprint density at radius 2 is 1.62 bits per heavy atom. The molecule has 5 heteroatoms. The molecule has 2 amide bonds. The number of hydrogen-bond donors (Lipinski definition) is 1. The zero-order valence-electron chi connectivity index (χ0n) is 15.0. The van der Waals surface area contributed by atoms with Crippen LogP contribution in [0.15, 0.2) is 0 Å². The van der Waals surface area contributed by atoms with Crippen molar-refractivity contribution in [2.45, 2.75) is 70.3 Å². The SMILES string of the molecule is O=C(CN1CCN(C(=O)CCCC2CCCCC2)CC1)NC1CC1. The second-order valence-corrected chi connectivity index (χ2v) is 7.89. The van der Waals surface area contributed by atoms with Crippen LogP contribution in [0.4, 0.5) is 0 Å². The van der Waals surface area contributed by atoms with Crippen molar-refractivity contribution in [2.75, 3.05) is 32.7 Å². The predicted octanol–water partition coefficient (Wildman–Crippen LogP) is 2.16. The van der Waals surface area contributed by atoms with Crippen LogP contribution in [0, 0.1) is 5.92 Å². The molecule has 2 saturated carbocycles. The molecular formula is C19H33N3O2. The number of carbonyl (C=O) groups is 2. The predicted molar refractivity (Wildman–Crippen MR) is 94.6 cm³/mol. The minimum absolute atomic E-state index is 0.143. The molecule has 1 N–H and O–H groups in total. The number of nitrogens with zero attached hydrogens (tertiary/aromatic N) is 2. The van der Waals surface area contributed by atoms with Crippen LogP contribution in [0.3, 0.4) is 0 Å². The normalized spacial score (nSPS) is 23.2. The minimum atomic E-state index is 0.143. The van der Waals surface area contributed by atoms with E-state index in [0.29, 0.717) is 24.9 Å². The Morgan fingerprint density at radius 3 is 2.29 bits per heavy atom. The standard InChI is InChI=1S/C19H33N3O2/c23-18(20-17-9-10-17)15-21-11-13-22(14-12-21)19(24)8-4-7-16-5-2-1-3-6-16/h16-17H,1-15H2,(H,20,23). The zero-order valence-corrected chi connectivity index (χ0v) is 15.0. The molecule has 0 atom stereocenters. The van der Waals surface area contributed by atoms with Crippen molar-refractivity contribution >= 4 is 11.8 Å². The van der Waals surface area contributed by atoms with Crippen LogP contribution in [-0.2, 0) is 9.59 Å². The van der Waals surface area contributed by atoms with E-state index in [4.69, 9.17) is 0 Å².